The van der Waals surface area contributed by atoms with E-state index >= 15 is 0 Å². The van der Waals surface area contributed by atoms with Crippen molar-refractivity contribution >= 4 is 45.3 Å². The maximum atomic E-state index is 12.3. The van der Waals surface area contributed by atoms with Gasteiger partial charge in [-0.25, -0.2) is 4.98 Å². The number of thiazole rings is 1. The summed E-state index contributed by atoms with van der Waals surface area (Å²) in [6, 6.07) is 10.4. The summed E-state index contributed by atoms with van der Waals surface area (Å²) in [7, 11) is 0. The van der Waals surface area contributed by atoms with E-state index in [4.69, 9.17) is 0 Å². The van der Waals surface area contributed by atoms with Crippen molar-refractivity contribution in [2.75, 3.05) is 10.6 Å². The first kappa shape index (κ1) is 16.0. The molecule has 1 fully saturated rings. The molecule has 0 aliphatic heterocycles. The number of amides is 2. The Hall–Kier alpha value is -2.51. The fraction of sp³-hybridized carbons (Fsp3) is 0.167. The van der Waals surface area contributed by atoms with Crippen LogP contribution < -0.4 is 10.6 Å². The average molecular weight is 369 g/mol. The van der Waals surface area contributed by atoms with Gasteiger partial charge in [0.1, 0.15) is 0 Å². The summed E-state index contributed by atoms with van der Waals surface area (Å²) in [5, 5.41) is 10.1. The highest BCUT2D eigenvalue weighted by molar-refractivity contribution is 7.14. The van der Waals surface area contributed by atoms with Gasteiger partial charge in [-0.05, 0) is 48.6 Å². The van der Waals surface area contributed by atoms with Crippen LogP contribution in [0, 0.1) is 0 Å². The fourth-order valence-corrected chi connectivity index (χ4v) is 3.79. The summed E-state index contributed by atoms with van der Waals surface area (Å²) in [4.78, 5) is 29.4. The van der Waals surface area contributed by atoms with E-state index in [0.29, 0.717) is 27.2 Å². The van der Waals surface area contributed by atoms with Gasteiger partial charge in [-0.1, -0.05) is 6.07 Å². The SMILES string of the molecule is O=C(Nc1nc(C2CC2)cs1)c1ccc(NC(=O)c2cccs2)cc1. The largest absolute Gasteiger partial charge is 0.321 e. The lowest BCUT2D eigenvalue weighted by Crippen LogP contribution is -2.13. The fourth-order valence-electron chi connectivity index (χ4n) is 2.38. The van der Waals surface area contributed by atoms with Crippen LogP contribution in [-0.2, 0) is 0 Å². The molecule has 2 amide bonds. The van der Waals surface area contributed by atoms with Gasteiger partial charge >= 0.3 is 0 Å². The van der Waals surface area contributed by atoms with Crippen LogP contribution in [0.1, 0.15) is 44.5 Å². The van der Waals surface area contributed by atoms with Gasteiger partial charge in [0, 0.05) is 22.5 Å². The zero-order valence-electron chi connectivity index (χ0n) is 13.2. The number of carbonyl (C=O) groups is 2. The highest BCUT2D eigenvalue weighted by Crippen LogP contribution is 2.40. The zero-order chi connectivity index (χ0) is 17.2. The highest BCUT2D eigenvalue weighted by Gasteiger charge is 2.26. The molecule has 1 aliphatic rings. The van der Waals surface area contributed by atoms with Crippen LogP contribution in [-0.4, -0.2) is 16.8 Å². The normalized spacial score (nSPS) is 13.4. The van der Waals surface area contributed by atoms with Gasteiger partial charge in [0.05, 0.1) is 10.6 Å². The molecule has 25 heavy (non-hydrogen) atoms. The monoisotopic (exact) mass is 369 g/mol. The molecule has 0 spiro atoms. The predicted octanol–water partition coefficient (Wildman–Crippen LogP) is 4.59. The quantitative estimate of drug-likeness (QED) is 0.691. The van der Waals surface area contributed by atoms with Crippen molar-refractivity contribution in [3.05, 3.63) is 63.3 Å². The first-order valence-corrected chi connectivity index (χ1v) is 9.66. The molecule has 0 unspecified atom stereocenters. The second-order valence-electron chi connectivity index (χ2n) is 5.81. The average Bonchev–Trinajstić information content (AvgIpc) is 3.12. The van der Waals surface area contributed by atoms with Crippen LogP contribution in [0.2, 0.25) is 0 Å². The van der Waals surface area contributed by atoms with E-state index in [-0.39, 0.29) is 11.8 Å². The number of nitrogens with one attached hydrogen (secondary N) is 2. The number of thiophene rings is 1. The van der Waals surface area contributed by atoms with Crippen LogP contribution in [0.4, 0.5) is 10.8 Å². The minimum atomic E-state index is -0.201. The predicted molar refractivity (Wildman–Crippen MR) is 101 cm³/mol. The lowest BCUT2D eigenvalue weighted by Gasteiger charge is -2.05. The summed E-state index contributed by atoms with van der Waals surface area (Å²) in [5.41, 5.74) is 2.25. The Morgan fingerprint density at radius 2 is 1.80 bits per heavy atom. The molecule has 1 saturated carbocycles. The molecule has 0 saturated heterocycles. The first-order chi connectivity index (χ1) is 12.2. The minimum Gasteiger partial charge on any atom is -0.321 e. The van der Waals surface area contributed by atoms with Crippen molar-refractivity contribution in [1.29, 1.82) is 0 Å². The smallest absolute Gasteiger partial charge is 0.265 e. The maximum Gasteiger partial charge on any atom is 0.265 e. The van der Waals surface area contributed by atoms with E-state index in [1.54, 1.807) is 30.3 Å². The van der Waals surface area contributed by atoms with Gasteiger partial charge in [0.2, 0.25) is 0 Å². The van der Waals surface area contributed by atoms with Crippen molar-refractivity contribution in [3.63, 3.8) is 0 Å². The van der Waals surface area contributed by atoms with Gasteiger partial charge in [0.15, 0.2) is 5.13 Å². The second kappa shape index (κ2) is 6.78. The summed E-state index contributed by atoms with van der Waals surface area (Å²) in [5.74, 6) is 0.226. The van der Waals surface area contributed by atoms with E-state index in [0.717, 1.165) is 5.69 Å². The van der Waals surface area contributed by atoms with Gasteiger partial charge in [0.25, 0.3) is 11.8 Å². The summed E-state index contributed by atoms with van der Waals surface area (Å²) >= 11 is 2.84. The molecule has 0 bridgehead atoms. The van der Waals surface area contributed by atoms with Crippen LogP contribution in [0.3, 0.4) is 0 Å². The molecule has 7 heteroatoms. The van der Waals surface area contributed by atoms with Gasteiger partial charge in [-0.2, -0.15) is 0 Å². The third kappa shape index (κ3) is 3.78. The van der Waals surface area contributed by atoms with Crippen LogP contribution in [0.25, 0.3) is 0 Å². The van der Waals surface area contributed by atoms with Crippen molar-refractivity contribution in [2.24, 2.45) is 0 Å². The summed E-state index contributed by atoms with van der Waals surface area (Å²) in [6.45, 7) is 0. The van der Waals surface area contributed by atoms with E-state index in [1.165, 1.54) is 35.5 Å². The highest BCUT2D eigenvalue weighted by atomic mass is 32.1. The Morgan fingerprint density at radius 1 is 1.00 bits per heavy atom. The van der Waals surface area contributed by atoms with E-state index in [2.05, 4.69) is 15.6 Å². The lowest BCUT2D eigenvalue weighted by atomic mass is 10.2. The van der Waals surface area contributed by atoms with Gasteiger partial charge < -0.3 is 5.32 Å². The Morgan fingerprint density at radius 3 is 2.48 bits per heavy atom. The number of hydrogen-bond donors (Lipinski definition) is 2. The van der Waals surface area contributed by atoms with E-state index in [1.807, 2.05) is 16.8 Å². The molecular weight excluding hydrogens is 354 g/mol. The topological polar surface area (TPSA) is 71.1 Å². The third-order valence-corrected chi connectivity index (χ3v) is 5.53. The molecule has 126 valence electrons. The molecule has 5 nitrogen and oxygen atoms in total. The van der Waals surface area contributed by atoms with Crippen LogP contribution in [0.15, 0.2) is 47.2 Å². The second-order valence-corrected chi connectivity index (χ2v) is 7.62. The number of anilines is 2. The number of rotatable bonds is 5. The molecule has 2 aromatic heterocycles. The Balaban J connectivity index is 1.38. The summed E-state index contributed by atoms with van der Waals surface area (Å²) in [6.07, 6.45) is 2.38. The Kier molecular flexibility index (Phi) is 4.33. The van der Waals surface area contributed by atoms with Crippen molar-refractivity contribution in [2.45, 2.75) is 18.8 Å². The number of nitrogens with zero attached hydrogens (tertiary/aromatic N) is 1. The van der Waals surface area contributed by atoms with Crippen LogP contribution in [0.5, 0.6) is 0 Å². The van der Waals surface area contributed by atoms with Crippen LogP contribution >= 0.6 is 22.7 Å². The number of hydrogen-bond acceptors (Lipinski definition) is 5. The lowest BCUT2D eigenvalue weighted by molar-refractivity contribution is 0.102. The van der Waals surface area contributed by atoms with Crippen molar-refractivity contribution in [1.82, 2.24) is 4.98 Å². The zero-order valence-corrected chi connectivity index (χ0v) is 14.8. The third-order valence-electron chi connectivity index (χ3n) is 3.89. The summed E-state index contributed by atoms with van der Waals surface area (Å²) < 4.78 is 0. The maximum absolute atomic E-state index is 12.3. The molecular formula is C18H15N3O2S2. The molecule has 1 aromatic carbocycles. The molecule has 1 aliphatic carbocycles. The minimum absolute atomic E-state index is 0.150. The van der Waals surface area contributed by atoms with Crippen molar-refractivity contribution in [3.8, 4) is 0 Å². The number of carbonyl (C=O) groups excluding carboxylic acids is 2. The number of benzene rings is 1. The molecule has 0 radical (unpaired) electrons. The number of aromatic nitrogens is 1. The molecule has 0 atom stereocenters. The standard InChI is InChI=1S/C18H15N3O2S2/c22-16(21-18-20-14(10-25-18)11-3-4-11)12-5-7-13(8-6-12)19-17(23)15-2-1-9-24-15/h1-2,5-11H,3-4H2,(H,19,23)(H,20,21,22). The van der Waals surface area contributed by atoms with Gasteiger partial charge in [-0.3, -0.25) is 14.9 Å². The van der Waals surface area contributed by atoms with Crippen molar-refractivity contribution < 1.29 is 9.59 Å². The Labute approximate surface area is 152 Å². The molecule has 2 heterocycles. The molecule has 2 N–H and O–H groups in total. The van der Waals surface area contributed by atoms with E-state index < -0.39 is 0 Å². The van der Waals surface area contributed by atoms with E-state index in [9.17, 15) is 9.59 Å². The molecule has 4 rings (SSSR count). The van der Waals surface area contributed by atoms with Gasteiger partial charge in [-0.15, -0.1) is 22.7 Å². The Bertz CT molecular complexity index is 897. The first-order valence-electron chi connectivity index (χ1n) is 7.91. The molecule has 3 aromatic rings.